The van der Waals surface area contributed by atoms with E-state index in [1.807, 2.05) is 22.7 Å². The van der Waals surface area contributed by atoms with Crippen molar-refractivity contribution in [1.82, 2.24) is 17.9 Å². The third-order valence-corrected chi connectivity index (χ3v) is 24.1. The first-order chi connectivity index (χ1) is 38.8. The van der Waals surface area contributed by atoms with Gasteiger partial charge in [-0.1, -0.05) is 248 Å². The van der Waals surface area contributed by atoms with E-state index in [1.54, 1.807) is 22.7 Å². The maximum atomic E-state index is 13.5. The van der Waals surface area contributed by atoms with E-state index in [0.717, 1.165) is 59.6 Å². The maximum absolute atomic E-state index is 13.5. The minimum absolute atomic E-state index is 0.522. The molecule has 0 radical (unpaired) electrons. The summed E-state index contributed by atoms with van der Waals surface area (Å²) in [6.45, 7) is 20.6. The molecule has 6 nitrogen and oxygen atoms in total. The molecule has 8 aromatic rings. The zero-order valence-corrected chi connectivity index (χ0v) is 54.6. The molecule has 8 rings (SSSR count). The first-order valence-electron chi connectivity index (χ1n) is 32.8. The molecule has 0 bridgehead atoms. The molecule has 7 heterocycles. The maximum Gasteiger partial charge on any atom is 0.160 e. The lowest BCUT2D eigenvalue weighted by Crippen LogP contribution is -2.13. The van der Waals surface area contributed by atoms with Crippen molar-refractivity contribution in [3.05, 3.63) is 20.9 Å². The Hall–Kier alpha value is -2.70. The van der Waals surface area contributed by atoms with Gasteiger partial charge >= 0.3 is 0 Å². The lowest BCUT2D eigenvalue weighted by atomic mass is 9.89. The second kappa shape index (κ2) is 31.8. The largest absolute Gasteiger partial charge is 0.337 e. The van der Waals surface area contributed by atoms with Crippen LogP contribution in [0, 0.1) is 23.7 Å². The first-order valence-corrected chi connectivity index (χ1v) is 36.8. The van der Waals surface area contributed by atoms with Crippen LogP contribution in [0.25, 0.3) is 72.1 Å². The Morgan fingerprint density at radius 3 is 1.04 bits per heavy atom. The van der Waals surface area contributed by atoms with Gasteiger partial charge in [-0.15, -0.1) is 45.3 Å². The summed E-state index contributed by atoms with van der Waals surface area (Å²) >= 11 is 8.88. The third-order valence-electron chi connectivity index (χ3n) is 18.5. The number of carbonyl (C=O) groups excluding carboxylic acids is 2. The van der Waals surface area contributed by atoms with Gasteiger partial charge in [0.25, 0.3) is 0 Å². The smallest absolute Gasteiger partial charge is 0.160 e. The van der Waals surface area contributed by atoms with Gasteiger partial charge in [-0.05, 0) is 60.5 Å². The standard InChI is InChI=1S/C68H102N4O2S5/c1-9-17-23-27-29-33-39-49(37-31-25-19-11-3)41-51-53(45-73)75-67-61-65(77-63(51)67)55-57-58(70-79-69-57)56-60(59(55)71(61)43-47(15-7)35-21-13-5)72(44-48(16-8)36-22-14-6)62-66(56)78-64-52(54(46-74)76-68(62)64)42-50(38-32-26-20-12-4)40-34-30-28-24-18-10-2/h45-50H,9-44H2,1-8H3. The number of hydrogen-bond donors (Lipinski definition) is 0. The fourth-order valence-corrected chi connectivity index (χ4v) is 19.8. The van der Waals surface area contributed by atoms with Gasteiger partial charge in [-0.2, -0.15) is 8.75 Å². The van der Waals surface area contributed by atoms with E-state index in [1.165, 1.54) is 289 Å². The van der Waals surface area contributed by atoms with Crippen LogP contribution in [-0.2, 0) is 25.9 Å². The lowest BCUT2D eigenvalue weighted by molar-refractivity contribution is 0.111. The molecule has 0 aliphatic rings. The van der Waals surface area contributed by atoms with Crippen molar-refractivity contribution in [1.29, 1.82) is 0 Å². The molecular weight excluding hydrogens is 1070 g/mol. The molecule has 1 aromatic carbocycles. The Kier molecular flexibility index (Phi) is 25.1. The highest BCUT2D eigenvalue weighted by atomic mass is 32.1. The lowest BCUT2D eigenvalue weighted by Gasteiger charge is -2.20. The van der Waals surface area contributed by atoms with Gasteiger partial charge in [0.15, 0.2) is 12.6 Å². The molecule has 0 amide bonds. The fraction of sp³-hybridized carbons (Fsp3) is 0.706. The van der Waals surface area contributed by atoms with E-state index in [9.17, 15) is 9.59 Å². The predicted octanol–water partition coefficient (Wildman–Crippen LogP) is 24.3. The van der Waals surface area contributed by atoms with Crippen LogP contribution in [-0.4, -0.2) is 30.5 Å². The highest BCUT2D eigenvalue weighted by molar-refractivity contribution is 7.35. The number of aldehydes is 2. The van der Waals surface area contributed by atoms with E-state index < -0.39 is 0 Å². The second-order valence-electron chi connectivity index (χ2n) is 24.4. The number of nitrogens with zero attached hydrogens (tertiary/aromatic N) is 4. The minimum atomic E-state index is 0.522. The summed E-state index contributed by atoms with van der Waals surface area (Å²) in [5.41, 5.74) is 10.1. The molecule has 11 heteroatoms. The van der Waals surface area contributed by atoms with Gasteiger partial charge in [-0.25, -0.2) is 0 Å². The van der Waals surface area contributed by atoms with Crippen molar-refractivity contribution >= 4 is 142 Å². The molecule has 0 fully saturated rings. The molecular formula is C68H102N4O2S5. The Balaban J connectivity index is 1.36. The summed E-state index contributed by atoms with van der Waals surface area (Å²) < 4.78 is 24.3. The van der Waals surface area contributed by atoms with Crippen LogP contribution in [0.1, 0.15) is 291 Å². The highest BCUT2D eigenvalue weighted by Gasteiger charge is 2.33. The average Bonchev–Trinajstić information content (AvgIpc) is 2.39. The molecule has 0 spiro atoms. The van der Waals surface area contributed by atoms with E-state index in [-0.39, 0.29) is 0 Å². The van der Waals surface area contributed by atoms with Crippen LogP contribution in [0.15, 0.2) is 0 Å². The molecule has 79 heavy (non-hydrogen) atoms. The summed E-state index contributed by atoms with van der Waals surface area (Å²) in [7, 11) is 0. The van der Waals surface area contributed by atoms with Crippen LogP contribution in [0.4, 0.5) is 0 Å². The van der Waals surface area contributed by atoms with Gasteiger partial charge in [0.05, 0.1) is 71.7 Å². The van der Waals surface area contributed by atoms with Crippen LogP contribution >= 0.6 is 57.1 Å². The number of rotatable bonds is 42. The summed E-state index contributed by atoms with van der Waals surface area (Å²) in [5, 5.41) is 2.55. The van der Waals surface area contributed by atoms with E-state index >= 15 is 0 Å². The van der Waals surface area contributed by atoms with Gasteiger partial charge in [0, 0.05) is 23.9 Å². The summed E-state index contributed by atoms with van der Waals surface area (Å²) in [6.07, 6.45) is 45.1. The van der Waals surface area contributed by atoms with Crippen molar-refractivity contribution in [2.45, 2.75) is 287 Å². The Labute approximate surface area is 497 Å². The average molecular weight is 1170 g/mol. The highest BCUT2D eigenvalue weighted by Crippen LogP contribution is 2.55. The minimum Gasteiger partial charge on any atom is -0.337 e. The quantitative estimate of drug-likeness (QED) is 0.0282. The van der Waals surface area contributed by atoms with Crippen LogP contribution in [0.2, 0.25) is 0 Å². The van der Waals surface area contributed by atoms with Crippen molar-refractivity contribution in [3.8, 4) is 0 Å². The number of carbonyl (C=O) groups is 2. The van der Waals surface area contributed by atoms with Crippen molar-refractivity contribution < 1.29 is 9.59 Å². The van der Waals surface area contributed by atoms with Gasteiger partial charge < -0.3 is 9.13 Å². The molecule has 0 aliphatic heterocycles. The van der Waals surface area contributed by atoms with Gasteiger partial charge in [-0.3, -0.25) is 9.59 Å². The summed E-state index contributed by atoms with van der Waals surface area (Å²) in [5.74, 6) is 2.23. The van der Waals surface area contributed by atoms with Crippen molar-refractivity contribution in [3.63, 3.8) is 0 Å². The molecule has 436 valence electrons. The Morgan fingerprint density at radius 2 is 0.696 bits per heavy atom. The Bertz CT molecular complexity index is 2930. The molecule has 0 aliphatic carbocycles. The summed E-state index contributed by atoms with van der Waals surface area (Å²) in [4.78, 5) is 28.8. The number of thiophene rings is 4. The molecule has 0 saturated carbocycles. The number of benzene rings is 1. The number of unbranched alkanes of at least 4 members (excludes halogenated alkanes) is 18. The number of hydrogen-bond acceptors (Lipinski definition) is 9. The molecule has 7 aromatic heterocycles. The summed E-state index contributed by atoms with van der Waals surface area (Å²) in [6, 6.07) is 0. The zero-order chi connectivity index (χ0) is 55.7. The number of fused-ring (bicyclic) bond motifs is 14. The first kappa shape index (κ1) is 62.3. The molecule has 0 saturated heterocycles. The van der Waals surface area contributed by atoms with Crippen LogP contribution in [0.3, 0.4) is 0 Å². The topological polar surface area (TPSA) is 69.8 Å². The number of aromatic nitrogens is 4. The van der Waals surface area contributed by atoms with Gasteiger partial charge in [0.2, 0.25) is 0 Å². The molecule has 4 atom stereocenters. The fourth-order valence-electron chi connectivity index (χ4n) is 13.7. The van der Waals surface area contributed by atoms with E-state index in [0.29, 0.717) is 23.7 Å². The molecule has 0 N–H and O–H groups in total. The van der Waals surface area contributed by atoms with Crippen molar-refractivity contribution in [2.75, 3.05) is 0 Å². The SMILES string of the molecule is CCCCCCCCC(CCCCCC)Cc1c(C=O)sc2c1sc1c3c4nsnc4c4c5sc6c(CC(CCCCCC)CCCCCCCC)c(C=O)sc6c5n(CC(CC)CCCC)c4c3n(CC(CC)CCCC)c21. The predicted molar refractivity (Wildman–Crippen MR) is 355 cm³/mol. The Morgan fingerprint density at radius 1 is 0.367 bits per heavy atom. The van der Waals surface area contributed by atoms with E-state index in [4.69, 9.17) is 8.75 Å². The van der Waals surface area contributed by atoms with Crippen molar-refractivity contribution in [2.24, 2.45) is 23.7 Å². The third kappa shape index (κ3) is 14.5. The molecule has 4 unspecified atom stereocenters. The monoisotopic (exact) mass is 1170 g/mol. The zero-order valence-electron chi connectivity index (χ0n) is 50.6. The van der Waals surface area contributed by atoms with Crippen LogP contribution in [0.5, 0.6) is 0 Å². The van der Waals surface area contributed by atoms with E-state index in [2.05, 4.69) is 64.5 Å². The normalized spacial score (nSPS) is 14.0. The van der Waals surface area contributed by atoms with Crippen LogP contribution < -0.4 is 0 Å². The van der Waals surface area contributed by atoms with Gasteiger partial charge in [0.1, 0.15) is 11.0 Å². The second-order valence-corrected chi connectivity index (χ2v) is 29.1.